The van der Waals surface area contributed by atoms with Crippen LogP contribution in [0.1, 0.15) is 30.4 Å². The molecule has 2 aliphatic rings. The summed E-state index contributed by atoms with van der Waals surface area (Å²) in [5.74, 6) is 0. The first-order chi connectivity index (χ1) is 9.38. The van der Waals surface area contributed by atoms with Crippen LogP contribution in [0.4, 0.5) is 5.69 Å². The van der Waals surface area contributed by atoms with Crippen LogP contribution < -0.4 is 10.5 Å². The molecule has 2 fully saturated rings. The van der Waals surface area contributed by atoms with Crippen LogP contribution >= 0.6 is 0 Å². The first-order valence-electron chi connectivity index (χ1n) is 6.92. The average Bonchev–Trinajstić information content (AvgIpc) is 2.95. The quantitative estimate of drug-likeness (QED) is 0.828. The highest BCUT2D eigenvalue weighted by atomic mass is 32.2. The van der Waals surface area contributed by atoms with Gasteiger partial charge in [-0.15, -0.1) is 0 Å². The molecule has 1 aromatic carbocycles. The lowest BCUT2D eigenvalue weighted by Crippen LogP contribution is -2.41. The van der Waals surface area contributed by atoms with Gasteiger partial charge in [-0.3, -0.25) is 0 Å². The minimum atomic E-state index is -3.60. The van der Waals surface area contributed by atoms with Crippen molar-refractivity contribution >= 4 is 15.7 Å². The van der Waals surface area contributed by atoms with E-state index in [1.165, 1.54) is 0 Å². The van der Waals surface area contributed by atoms with Gasteiger partial charge < -0.3 is 10.5 Å². The normalized spacial score (nSPS) is 29.0. The third kappa shape index (κ3) is 2.21. The Kier molecular flexibility index (Phi) is 3.27. The van der Waals surface area contributed by atoms with E-state index in [0.717, 1.165) is 24.8 Å². The monoisotopic (exact) mass is 296 g/mol. The van der Waals surface area contributed by atoms with E-state index in [9.17, 15) is 8.42 Å². The number of nitrogen functional groups attached to an aromatic ring is 1. The molecule has 20 heavy (non-hydrogen) atoms. The molecular formula is C14H20N2O3S. The van der Waals surface area contributed by atoms with E-state index in [0.29, 0.717) is 11.3 Å². The molecule has 0 spiro atoms. The molecule has 2 saturated heterocycles. The standard InChI is InChI=1S/C14H20N2O3S/c1-8-3-4-9(2)14(13(8)15)20(17,18)16-11-7-10-5-6-12(11)19-10/h3-4,10-12,16H,5-7,15H2,1-2H3. The summed E-state index contributed by atoms with van der Waals surface area (Å²) < 4.78 is 33.7. The van der Waals surface area contributed by atoms with Crippen molar-refractivity contribution in [2.45, 2.75) is 56.3 Å². The minimum absolute atomic E-state index is 0.0149. The van der Waals surface area contributed by atoms with Crippen molar-refractivity contribution in [2.24, 2.45) is 0 Å². The topological polar surface area (TPSA) is 81.4 Å². The van der Waals surface area contributed by atoms with Crippen LogP contribution in [-0.4, -0.2) is 26.7 Å². The summed E-state index contributed by atoms with van der Waals surface area (Å²) in [6.07, 6.45) is 2.95. The first-order valence-corrected chi connectivity index (χ1v) is 8.40. The van der Waals surface area contributed by atoms with Crippen LogP contribution in [0, 0.1) is 13.8 Å². The van der Waals surface area contributed by atoms with Crippen LogP contribution in [-0.2, 0) is 14.8 Å². The molecule has 3 atom stereocenters. The first kappa shape index (κ1) is 13.9. The number of nitrogens with one attached hydrogen (secondary N) is 1. The molecule has 0 amide bonds. The van der Waals surface area contributed by atoms with Gasteiger partial charge >= 0.3 is 0 Å². The van der Waals surface area contributed by atoms with Crippen LogP contribution in [0.25, 0.3) is 0 Å². The average molecular weight is 296 g/mol. The summed E-state index contributed by atoms with van der Waals surface area (Å²) in [6, 6.07) is 3.50. The third-order valence-corrected chi connectivity index (χ3v) is 5.98. The van der Waals surface area contributed by atoms with Crippen molar-refractivity contribution < 1.29 is 13.2 Å². The molecule has 6 heteroatoms. The number of ether oxygens (including phenoxy) is 1. The van der Waals surface area contributed by atoms with Gasteiger partial charge in [0.25, 0.3) is 0 Å². The molecule has 3 N–H and O–H groups in total. The maximum Gasteiger partial charge on any atom is 0.243 e. The summed E-state index contributed by atoms with van der Waals surface area (Å²) in [6.45, 7) is 3.58. The largest absolute Gasteiger partial charge is 0.397 e. The van der Waals surface area contributed by atoms with Crippen molar-refractivity contribution in [3.8, 4) is 0 Å². The Morgan fingerprint density at radius 1 is 1.25 bits per heavy atom. The van der Waals surface area contributed by atoms with E-state index in [2.05, 4.69) is 4.72 Å². The van der Waals surface area contributed by atoms with Crippen LogP contribution in [0.3, 0.4) is 0 Å². The lowest BCUT2D eigenvalue weighted by atomic mass is 9.96. The van der Waals surface area contributed by atoms with E-state index in [1.807, 2.05) is 13.0 Å². The Morgan fingerprint density at radius 3 is 2.55 bits per heavy atom. The van der Waals surface area contributed by atoms with Crippen molar-refractivity contribution in [1.82, 2.24) is 4.72 Å². The fourth-order valence-electron chi connectivity index (χ4n) is 3.18. The summed E-state index contributed by atoms with van der Waals surface area (Å²) in [7, 11) is -3.60. The summed E-state index contributed by atoms with van der Waals surface area (Å²) >= 11 is 0. The number of hydrogen-bond acceptors (Lipinski definition) is 4. The van der Waals surface area contributed by atoms with Crippen molar-refractivity contribution in [2.75, 3.05) is 5.73 Å². The number of rotatable bonds is 3. The lowest BCUT2D eigenvalue weighted by Gasteiger charge is -2.21. The highest BCUT2D eigenvalue weighted by Crippen LogP contribution is 2.35. The number of fused-ring (bicyclic) bond motifs is 2. The SMILES string of the molecule is Cc1ccc(C)c(S(=O)(=O)NC2CC3CCC2O3)c1N. The number of benzene rings is 1. The molecule has 0 radical (unpaired) electrons. The second kappa shape index (κ2) is 4.72. The number of nitrogens with two attached hydrogens (primary N) is 1. The van der Waals surface area contributed by atoms with Crippen LogP contribution in [0.5, 0.6) is 0 Å². The van der Waals surface area contributed by atoms with E-state index in [-0.39, 0.29) is 23.1 Å². The molecular weight excluding hydrogens is 276 g/mol. The van der Waals surface area contributed by atoms with E-state index >= 15 is 0 Å². The second-order valence-electron chi connectivity index (χ2n) is 5.78. The van der Waals surface area contributed by atoms with Crippen molar-refractivity contribution in [3.63, 3.8) is 0 Å². The van der Waals surface area contributed by atoms with Gasteiger partial charge in [0, 0.05) is 0 Å². The predicted octanol–water partition coefficient (Wildman–Crippen LogP) is 1.48. The van der Waals surface area contributed by atoms with E-state index < -0.39 is 10.0 Å². The summed E-state index contributed by atoms with van der Waals surface area (Å²) in [5.41, 5.74) is 7.75. The molecule has 2 aliphatic heterocycles. The molecule has 2 heterocycles. The molecule has 0 saturated carbocycles. The van der Waals surface area contributed by atoms with Gasteiger partial charge in [0.05, 0.1) is 23.9 Å². The Labute approximate surface area is 119 Å². The van der Waals surface area contributed by atoms with Gasteiger partial charge in [-0.25, -0.2) is 13.1 Å². The maximum absolute atomic E-state index is 12.6. The fourth-order valence-corrected chi connectivity index (χ4v) is 4.89. The second-order valence-corrected chi connectivity index (χ2v) is 7.43. The van der Waals surface area contributed by atoms with Crippen LogP contribution in [0.2, 0.25) is 0 Å². The number of sulfonamides is 1. The van der Waals surface area contributed by atoms with Gasteiger partial charge in [0.15, 0.2) is 0 Å². The Bertz CT molecular complexity index is 642. The highest BCUT2D eigenvalue weighted by Gasteiger charge is 2.43. The number of anilines is 1. The summed E-state index contributed by atoms with van der Waals surface area (Å²) in [4.78, 5) is 0.209. The van der Waals surface area contributed by atoms with E-state index in [4.69, 9.17) is 10.5 Å². The zero-order valence-corrected chi connectivity index (χ0v) is 12.5. The molecule has 2 bridgehead atoms. The molecule has 1 aromatic rings. The van der Waals surface area contributed by atoms with Gasteiger partial charge in [-0.05, 0) is 44.2 Å². The number of hydrogen-bond donors (Lipinski definition) is 2. The van der Waals surface area contributed by atoms with Gasteiger partial charge in [-0.1, -0.05) is 12.1 Å². The molecule has 0 aromatic heterocycles. The maximum atomic E-state index is 12.6. The van der Waals surface area contributed by atoms with Crippen molar-refractivity contribution in [3.05, 3.63) is 23.3 Å². The van der Waals surface area contributed by atoms with Gasteiger partial charge in [0.1, 0.15) is 4.90 Å². The zero-order chi connectivity index (χ0) is 14.5. The fraction of sp³-hybridized carbons (Fsp3) is 0.571. The van der Waals surface area contributed by atoms with E-state index in [1.54, 1.807) is 13.0 Å². The zero-order valence-electron chi connectivity index (χ0n) is 11.7. The predicted molar refractivity (Wildman–Crippen MR) is 76.9 cm³/mol. The van der Waals surface area contributed by atoms with Gasteiger partial charge in [0.2, 0.25) is 10.0 Å². The minimum Gasteiger partial charge on any atom is -0.397 e. The Hall–Kier alpha value is -1.11. The molecule has 3 unspecified atom stereocenters. The Morgan fingerprint density at radius 2 is 1.95 bits per heavy atom. The molecule has 0 aliphatic carbocycles. The lowest BCUT2D eigenvalue weighted by molar-refractivity contribution is 0.0996. The Balaban J connectivity index is 1.91. The molecule has 5 nitrogen and oxygen atoms in total. The number of aryl methyl sites for hydroxylation is 2. The smallest absolute Gasteiger partial charge is 0.243 e. The highest BCUT2D eigenvalue weighted by molar-refractivity contribution is 7.89. The summed E-state index contributed by atoms with van der Waals surface area (Å²) in [5, 5.41) is 0. The van der Waals surface area contributed by atoms with Crippen LogP contribution in [0.15, 0.2) is 17.0 Å². The van der Waals surface area contributed by atoms with Crippen molar-refractivity contribution in [1.29, 1.82) is 0 Å². The van der Waals surface area contributed by atoms with Gasteiger partial charge in [-0.2, -0.15) is 0 Å². The third-order valence-electron chi connectivity index (χ3n) is 4.29. The molecule has 3 rings (SSSR count). The molecule has 110 valence electrons.